The SMILES string of the molecule is CN1CC(C(=O)N2CCN(CCn3nc4c(cc3=O)CCC4)CC2)CC1=O. The highest BCUT2D eigenvalue weighted by Crippen LogP contribution is 2.20. The van der Waals surface area contributed by atoms with Gasteiger partial charge in [0.2, 0.25) is 11.8 Å². The molecule has 27 heavy (non-hydrogen) atoms. The molecule has 2 aliphatic heterocycles. The maximum absolute atomic E-state index is 12.6. The van der Waals surface area contributed by atoms with Gasteiger partial charge in [0.1, 0.15) is 0 Å². The summed E-state index contributed by atoms with van der Waals surface area (Å²) < 4.78 is 1.58. The highest BCUT2D eigenvalue weighted by Gasteiger charge is 2.35. The Morgan fingerprint density at radius 2 is 1.93 bits per heavy atom. The van der Waals surface area contributed by atoms with Crippen molar-refractivity contribution in [1.29, 1.82) is 0 Å². The van der Waals surface area contributed by atoms with Crippen molar-refractivity contribution in [1.82, 2.24) is 24.5 Å². The van der Waals surface area contributed by atoms with Crippen LogP contribution in [0, 0.1) is 5.92 Å². The highest BCUT2D eigenvalue weighted by atomic mass is 16.2. The van der Waals surface area contributed by atoms with Gasteiger partial charge < -0.3 is 9.80 Å². The molecule has 0 N–H and O–H groups in total. The molecule has 146 valence electrons. The van der Waals surface area contributed by atoms with Crippen molar-refractivity contribution in [3.05, 3.63) is 27.7 Å². The van der Waals surface area contributed by atoms with Gasteiger partial charge >= 0.3 is 0 Å². The van der Waals surface area contributed by atoms with Crippen LogP contribution in [0.15, 0.2) is 10.9 Å². The van der Waals surface area contributed by atoms with Gasteiger partial charge in [-0.2, -0.15) is 5.10 Å². The van der Waals surface area contributed by atoms with E-state index in [9.17, 15) is 14.4 Å². The van der Waals surface area contributed by atoms with Crippen LogP contribution in [0.3, 0.4) is 0 Å². The Morgan fingerprint density at radius 3 is 2.63 bits per heavy atom. The van der Waals surface area contributed by atoms with E-state index in [1.165, 1.54) is 0 Å². The molecule has 4 rings (SSSR count). The minimum absolute atomic E-state index is 0.0144. The second kappa shape index (κ2) is 7.42. The van der Waals surface area contributed by atoms with Crippen LogP contribution in [0.25, 0.3) is 0 Å². The molecular formula is C19H27N5O3. The first kappa shape index (κ1) is 18.2. The second-order valence-corrected chi connectivity index (χ2v) is 7.87. The monoisotopic (exact) mass is 373 g/mol. The third-order valence-electron chi connectivity index (χ3n) is 6.03. The zero-order valence-electron chi connectivity index (χ0n) is 15.9. The molecule has 1 aromatic rings. The van der Waals surface area contributed by atoms with E-state index in [0.29, 0.717) is 32.6 Å². The summed E-state index contributed by atoms with van der Waals surface area (Å²) in [6.45, 7) is 4.83. The number of hydrogen-bond donors (Lipinski definition) is 0. The van der Waals surface area contributed by atoms with E-state index in [0.717, 1.165) is 50.2 Å². The van der Waals surface area contributed by atoms with Gasteiger partial charge in [0, 0.05) is 58.8 Å². The molecule has 3 heterocycles. The number of aromatic nitrogens is 2. The van der Waals surface area contributed by atoms with Crippen LogP contribution in [0.2, 0.25) is 0 Å². The number of likely N-dealkylation sites (tertiary alicyclic amines) is 1. The summed E-state index contributed by atoms with van der Waals surface area (Å²) in [4.78, 5) is 42.2. The first-order valence-corrected chi connectivity index (χ1v) is 9.86. The van der Waals surface area contributed by atoms with Crippen LogP contribution in [0.1, 0.15) is 24.1 Å². The summed E-state index contributed by atoms with van der Waals surface area (Å²) in [7, 11) is 1.75. The third-order valence-corrected chi connectivity index (χ3v) is 6.03. The summed E-state index contributed by atoms with van der Waals surface area (Å²) in [6, 6.07) is 1.74. The predicted octanol–water partition coefficient (Wildman–Crippen LogP) is -0.645. The fraction of sp³-hybridized carbons (Fsp3) is 0.684. The predicted molar refractivity (Wildman–Crippen MR) is 99.3 cm³/mol. The molecule has 0 aromatic carbocycles. The Labute approximate surface area is 158 Å². The van der Waals surface area contributed by atoms with Gasteiger partial charge in [-0.1, -0.05) is 0 Å². The molecule has 8 nitrogen and oxygen atoms in total. The Morgan fingerprint density at radius 1 is 1.15 bits per heavy atom. The van der Waals surface area contributed by atoms with Crippen molar-refractivity contribution in [2.75, 3.05) is 46.3 Å². The summed E-state index contributed by atoms with van der Waals surface area (Å²) >= 11 is 0. The lowest BCUT2D eigenvalue weighted by molar-refractivity contribution is -0.137. The Hall–Kier alpha value is -2.22. The molecule has 0 saturated carbocycles. The molecule has 2 fully saturated rings. The number of hydrogen-bond acceptors (Lipinski definition) is 5. The van der Waals surface area contributed by atoms with Gasteiger partial charge in [-0.25, -0.2) is 4.68 Å². The minimum Gasteiger partial charge on any atom is -0.345 e. The number of carbonyl (C=O) groups is 2. The lowest BCUT2D eigenvalue weighted by Gasteiger charge is -2.35. The van der Waals surface area contributed by atoms with Crippen LogP contribution in [0.4, 0.5) is 0 Å². The fourth-order valence-corrected chi connectivity index (χ4v) is 4.31. The smallest absolute Gasteiger partial charge is 0.267 e. The molecule has 1 aromatic heterocycles. The summed E-state index contributed by atoms with van der Waals surface area (Å²) in [5, 5.41) is 4.52. The zero-order chi connectivity index (χ0) is 19.0. The van der Waals surface area contributed by atoms with Gasteiger partial charge in [0.25, 0.3) is 5.56 Å². The molecular weight excluding hydrogens is 346 g/mol. The number of fused-ring (bicyclic) bond motifs is 1. The largest absolute Gasteiger partial charge is 0.345 e. The molecule has 0 spiro atoms. The summed E-state index contributed by atoms with van der Waals surface area (Å²) in [5.74, 6) is -0.0358. The molecule has 0 bridgehead atoms. The third kappa shape index (κ3) is 3.76. The van der Waals surface area contributed by atoms with Crippen LogP contribution in [-0.4, -0.2) is 82.6 Å². The minimum atomic E-state index is -0.191. The summed E-state index contributed by atoms with van der Waals surface area (Å²) in [6.07, 6.45) is 3.36. The van der Waals surface area contributed by atoms with E-state index in [2.05, 4.69) is 10.00 Å². The first-order valence-electron chi connectivity index (χ1n) is 9.86. The Bertz CT molecular complexity index is 797. The highest BCUT2D eigenvalue weighted by molar-refractivity contribution is 5.89. The van der Waals surface area contributed by atoms with Crippen molar-refractivity contribution >= 4 is 11.8 Å². The van der Waals surface area contributed by atoms with E-state index in [1.807, 2.05) is 4.90 Å². The summed E-state index contributed by atoms with van der Waals surface area (Å²) in [5.41, 5.74) is 2.17. The average molecular weight is 373 g/mol. The Kier molecular flexibility index (Phi) is 4.99. The quantitative estimate of drug-likeness (QED) is 0.701. The van der Waals surface area contributed by atoms with Gasteiger partial charge in [-0.3, -0.25) is 19.3 Å². The van der Waals surface area contributed by atoms with E-state index in [4.69, 9.17) is 0 Å². The molecule has 3 aliphatic rings. The molecule has 1 atom stereocenters. The van der Waals surface area contributed by atoms with Crippen LogP contribution in [0.5, 0.6) is 0 Å². The topological polar surface area (TPSA) is 78.8 Å². The number of aryl methyl sites for hydroxylation is 2. The number of nitrogens with zero attached hydrogens (tertiary/aromatic N) is 5. The van der Waals surface area contributed by atoms with Crippen molar-refractivity contribution in [2.45, 2.75) is 32.2 Å². The standard InChI is InChI=1S/C19H27N5O3/c1-21-13-15(12-17(21)25)19(27)23-8-5-22(6-9-23)7-10-24-18(26)11-14-3-2-4-16(14)20-24/h11,15H,2-10,12-13H2,1H3. The number of amides is 2. The maximum atomic E-state index is 12.6. The molecule has 2 saturated heterocycles. The zero-order valence-corrected chi connectivity index (χ0v) is 15.9. The lowest BCUT2D eigenvalue weighted by atomic mass is 10.1. The van der Waals surface area contributed by atoms with Gasteiger partial charge in [0.05, 0.1) is 18.2 Å². The number of rotatable bonds is 4. The van der Waals surface area contributed by atoms with Crippen molar-refractivity contribution in [2.24, 2.45) is 5.92 Å². The lowest BCUT2D eigenvalue weighted by Crippen LogP contribution is -2.51. The van der Waals surface area contributed by atoms with E-state index >= 15 is 0 Å². The normalized spacial score (nSPS) is 23.1. The fourth-order valence-electron chi connectivity index (χ4n) is 4.31. The first-order chi connectivity index (χ1) is 13.0. The van der Waals surface area contributed by atoms with Crippen LogP contribution < -0.4 is 5.56 Å². The molecule has 1 aliphatic carbocycles. The van der Waals surface area contributed by atoms with Crippen molar-refractivity contribution in [3.63, 3.8) is 0 Å². The van der Waals surface area contributed by atoms with E-state index in [1.54, 1.807) is 22.7 Å². The van der Waals surface area contributed by atoms with Crippen LogP contribution >= 0.6 is 0 Å². The number of piperazine rings is 1. The molecule has 2 amide bonds. The van der Waals surface area contributed by atoms with E-state index < -0.39 is 0 Å². The average Bonchev–Trinajstić information content (AvgIpc) is 3.25. The van der Waals surface area contributed by atoms with Crippen molar-refractivity contribution < 1.29 is 9.59 Å². The van der Waals surface area contributed by atoms with Crippen LogP contribution in [-0.2, 0) is 29.0 Å². The molecule has 1 unspecified atom stereocenters. The van der Waals surface area contributed by atoms with Crippen molar-refractivity contribution in [3.8, 4) is 0 Å². The second-order valence-electron chi connectivity index (χ2n) is 7.87. The van der Waals surface area contributed by atoms with Gasteiger partial charge in [0.15, 0.2) is 0 Å². The van der Waals surface area contributed by atoms with E-state index in [-0.39, 0.29) is 23.3 Å². The number of carbonyl (C=O) groups excluding carboxylic acids is 2. The molecule has 0 radical (unpaired) electrons. The molecule has 8 heteroatoms. The maximum Gasteiger partial charge on any atom is 0.267 e. The van der Waals surface area contributed by atoms with Gasteiger partial charge in [-0.05, 0) is 24.8 Å². The Balaban J connectivity index is 1.27. The van der Waals surface area contributed by atoms with Gasteiger partial charge in [-0.15, -0.1) is 0 Å².